The van der Waals surface area contributed by atoms with Crippen LogP contribution in [0.1, 0.15) is 11.1 Å². The minimum atomic E-state index is -3.52. The fourth-order valence-corrected chi connectivity index (χ4v) is 4.91. The lowest BCUT2D eigenvalue weighted by molar-refractivity contribution is 0.181. The highest BCUT2D eigenvalue weighted by Crippen LogP contribution is 2.25. The molecule has 0 bridgehead atoms. The van der Waals surface area contributed by atoms with Gasteiger partial charge in [-0.2, -0.15) is 4.31 Å². The van der Waals surface area contributed by atoms with Crippen LogP contribution in [-0.2, 0) is 16.6 Å². The lowest BCUT2D eigenvalue weighted by atomic mass is 10.1. The van der Waals surface area contributed by atoms with Gasteiger partial charge in [-0.1, -0.05) is 53.6 Å². The van der Waals surface area contributed by atoms with Gasteiger partial charge in [-0.05, 0) is 24.6 Å². The first-order valence-electron chi connectivity index (χ1n) is 7.99. The normalized spacial score (nSPS) is 17.1. The monoisotopic (exact) mass is 364 g/mol. The molecule has 1 aliphatic rings. The third-order valence-corrected chi connectivity index (χ3v) is 6.67. The van der Waals surface area contributed by atoms with E-state index < -0.39 is 10.0 Å². The molecule has 128 valence electrons. The highest BCUT2D eigenvalue weighted by molar-refractivity contribution is 7.89. The summed E-state index contributed by atoms with van der Waals surface area (Å²) in [5, 5.41) is 0.277. The molecule has 0 aliphatic carbocycles. The number of sulfonamides is 1. The van der Waals surface area contributed by atoms with Crippen molar-refractivity contribution in [1.29, 1.82) is 0 Å². The van der Waals surface area contributed by atoms with E-state index in [2.05, 4.69) is 36.1 Å². The number of hydrogen-bond donors (Lipinski definition) is 0. The van der Waals surface area contributed by atoms with E-state index in [0.29, 0.717) is 13.1 Å². The molecule has 3 rings (SSSR count). The molecule has 1 fully saturated rings. The van der Waals surface area contributed by atoms with Gasteiger partial charge in [0.2, 0.25) is 10.0 Å². The molecule has 6 heteroatoms. The molecule has 0 radical (unpaired) electrons. The molecular weight excluding hydrogens is 344 g/mol. The summed E-state index contributed by atoms with van der Waals surface area (Å²) in [6.45, 7) is 5.34. The van der Waals surface area contributed by atoms with Gasteiger partial charge in [-0.25, -0.2) is 8.42 Å². The van der Waals surface area contributed by atoms with Crippen molar-refractivity contribution < 1.29 is 8.42 Å². The maximum Gasteiger partial charge on any atom is 0.244 e. The third kappa shape index (κ3) is 3.81. The summed E-state index contributed by atoms with van der Waals surface area (Å²) in [7, 11) is -3.52. The van der Waals surface area contributed by atoms with E-state index in [4.69, 9.17) is 11.6 Å². The molecule has 0 atom stereocenters. The van der Waals surface area contributed by atoms with E-state index in [1.807, 2.05) is 0 Å². The molecule has 0 aromatic heterocycles. The maximum absolute atomic E-state index is 12.7. The number of aryl methyl sites for hydroxylation is 1. The van der Waals surface area contributed by atoms with Crippen molar-refractivity contribution >= 4 is 21.6 Å². The van der Waals surface area contributed by atoms with E-state index in [0.717, 1.165) is 19.6 Å². The highest BCUT2D eigenvalue weighted by atomic mass is 35.5. The second-order valence-electron chi connectivity index (χ2n) is 6.10. The summed E-state index contributed by atoms with van der Waals surface area (Å²) in [4.78, 5) is 2.48. The Balaban J connectivity index is 1.66. The van der Waals surface area contributed by atoms with E-state index >= 15 is 0 Å². The van der Waals surface area contributed by atoms with Crippen LogP contribution in [0.5, 0.6) is 0 Å². The van der Waals surface area contributed by atoms with Crippen LogP contribution in [0.3, 0.4) is 0 Å². The second-order valence-corrected chi connectivity index (χ2v) is 8.41. The zero-order valence-electron chi connectivity index (χ0n) is 13.7. The van der Waals surface area contributed by atoms with Gasteiger partial charge in [0.25, 0.3) is 0 Å². The molecule has 1 heterocycles. The first kappa shape index (κ1) is 17.4. The molecule has 24 heavy (non-hydrogen) atoms. The van der Waals surface area contributed by atoms with E-state index in [1.165, 1.54) is 15.4 Å². The first-order chi connectivity index (χ1) is 11.5. The Kier molecular flexibility index (Phi) is 5.25. The number of halogens is 1. The summed E-state index contributed by atoms with van der Waals surface area (Å²) in [5.41, 5.74) is 2.50. The van der Waals surface area contributed by atoms with Gasteiger partial charge in [0.05, 0.1) is 5.02 Å². The van der Waals surface area contributed by atoms with Gasteiger partial charge in [-0.3, -0.25) is 4.90 Å². The SMILES string of the molecule is Cc1cccc(CN2CCN(S(=O)(=O)c3ccccc3Cl)CC2)c1. The molecule has 4 nitrogen and oxygen atoms in total. The number of nitrogens with zero attached hydrogens (tertiary/aromatic N) is 2. The summed E-state index contributed by atoms with van der Waals surface area (Å²) in [5.74, 6) is 0. The summed E-state index contributed by atoms with van der Waals surface area (Å²) < 4.78 is 27.0. The van der Waals surface area contributed by atoms with Crippen LogP contribution in [0.25, 0.3) is 0 Å². The molecule has 0 N–H and O–H groups in total. The van der Waals surface area contributed by atoms with Gasteiger partial charge >= 0.3 is 0 Å². The van der Waals surface area contributed by atoms with Crippen LogP contribution in [0, 0.1) is 6.92 Å². The van der Waals surface area contributed by atoms with Gasteiger partial charge < -0.3 is 0 Å². The average Bonchev–Trinajstić information content (AvgIpc) is 2.55. The van der Waals surface area contributed by atoms with Crippen molar-refractivity contribution in [2.45, 2.75) is 18.4 Å². The lowest BCUT2D eigenvalue weighted by Gasteiger charge is -2.34. The Labute approximate surface area is 148 Å². The third-order valence-electron chi connectivity index (χ3n) is 4.27. The summed E-state index contributed by atoms with van der Waals surface area (Å²) >= 11 is 6.06. The van der Waals surface area contributed by atoms with Gasteiger partial charge in [0.15, 0.2) is 0 Å². The topological polar surface area (TPSA) is 40.6 Å². The quantitative estimate of drug-likeness (QED) is 0.836. The Bertz CT molecular complexity index is 815. The molecule has 2 aromatic rings. The smallest absolute Gasteiger partial charge is 0.244 e. The largest absolute Gasteiger partial charge is 0.296 e. The number of rotatable bonds is 4. The minimum Gasteiger partial charge on any atom is -0.296 e. The first-order valence-corrected chi connectivity index (χ1v) is 9.81. The van der Waals surface area contributed by atoms with Crippen molar-refractivity contribution in [3.05, 3.63) is 64.7 Å². The molecule has 0 amide bonds. The number of benzene rings is 2. The number of hydrogen-bond acceptors (Lipinski definition) is 3. The van der Waals surface area contributed by atoms with Gasteiger partial charge in [0.1, 0.15) is 4.90 Å². The van der Waals surface area contributed by atoms with Crippen LogP contribution in [-0.4, -0.2) is 43.8 Å². The lowest BCUT2D eigenvalue weighted by Crippen LogP contribution is -2.48. The second kappa shape index (κ2) is 7.23. The van der Waals surface area contributed by atoms with E-state index in [-0.39, 0.29) is 9.92 Å². The predicted molar refractivity (Wildman–Crippen MR) is 96.7 cm³/mol. The van der Waals surface area contributed by atoms with Crippen LogP contribution < -0.4 is 0 Å². The van der Waals surface area contributed by atoms with Crippen LogP contribution in [0.2, 0.25) is 5.02 Å². The Morgan fingerprint density at radius 2 is 1.71 bits per heavy atom. The minimum absolute atomic E-state index is 0.193. The van der Waals surface area contributed by atoms with Crippen molar-refractivity contribution in [3.63, 3.8) is 0 Å². The van der Waals surface area contributed by atoms with Crippen molar-refractivity contribution in [3.8, 4) is 0 Å². The average molecular weight is 365 g/mol. The van der Waals surface area contributed by atoms with Crippen LogP contribution >= 0.6 is 11.6 Å². The van der Waals surface area contributed by atoms with Gasteiger partial charge in [0, 0.05) is 32.7 Å². The van der Waals surface area contributed by atoms with Crippen LogP contribution in [0.15, 0.2) is 53.4 Å². The standard InChI is InChI=1S/C18H21ClN2O2S/c1-15-5-4-6-16(13-15)14-20-9-11-21(12-10-20)24(22,23)18-8-3-2-7-17(18)19/h2-8,13H,9-12,14H2,1H3. The van der Waals surface area contributed by atoms with E-state index in [1.54, 1.807) is 24.3 Å². The molecule has 1 aliphatic heterocycles. The van der Waals surface area contributed by atoms with Crippen molar-refractivity contribution in [2.75, 3.05) is 26.2 Å². The maximum atomic E-state index is 12.7. The fourth-order valence-electron chi connectivity index (χ4n) is 2.99. The molecular formula is C18H21ClN2O2S. The fraction of sp³-hybridized carbons (Fsp3) is 0.333. The summed E-state index contributed by atoms with van der Waals surface area (Å²) in [6.07, 6.45) is 0. The van der Waals surface area contributed by atoms with Gasteiger partial charge in [-0.15, -0.1) is 0 Å². The van der Waals surface area contributed by atoms with Crippen molar-refractivity contribution in [2.24, 2.45) is 0 Å². The summed E-state index contributed by atoms with van der Waals surface area (Å²) in [6, 6.07) is 15.0. The molecule has 0 saturated carbocycles. The predicted octanol–water partition coefficient (Wildman–Crippen LogP) is 3.15. The zero-order valence-corrected chi connectivity index (χ0v) is 15.2. The molecule has 2 aromatic carbocycles. The Hall–Kier alpha value is -1.40. The molecule has 0 spiro atoms. The zero-order chi connectivity index (χ0) is 17.2. The Morgan fingerprint density at radius 3 is 2.38 bits per heavy atom. The van der Waals surface area contributed by atoms with Crippen LogP contribution in [0.4, 0.5) is 0 Å². The number of piperazine rings is 1. The van der Waals surface area contributed by atoms with E-state index in [9.17, 15) is 8.42 Å². The van der Waals surface area contributed by atoms with Crippen molar-refractivity contribution in [1.82, 2.24) is 9.21 Å². The molecule has 1 saturated heterocycles. The highest BCUT2D eigenvalue weighted by Gasteiger charge is 2.29. The Morgan fingerprint density at radius 1 is 1.00 bits per heavy atom. The molecule has 0 unspecified atom stereocenters.